The maximum atomic E-state index is 12.9. The van der Waals surface area contributed by atoms with Gasteiger partial charge in [0.15, 0.2) is 24.8 Å². The molecular weight excluding hydrogens is 448 g/mol. The molecule has 1 aliphatic heterocycles. The maximum absolute atomic E-state index is 12.9. The van der Waals surface area contributed by atoms with Crippen molar-refractivity contribution in [1.82, 2.24) is 5.32 Å². The van der Waals surface area contributed by atoms with Gasteiger partial charge in [0.05, 0.1) is 12.2 Å². The molecule has 0 spiro atoms. The van der Waals surface area contributed by atoms with Gasteiger partial charge in [-0.25, -0.2) is 0 Å². The van der Waals surface area contributed by atoms with Crippen LogP contribution in [0, 0.1) is 13.8 Å². The second-order valence-corrected chi connectivity index (χ2v) is 8.76. The number of hydrogen-bond donors (Lipinski definition) is 1. The van der Waals surface area contributed by atoms with E-state index in [1.54, 1.807) is 30.3 Å². The molecule has 0 atom stereocenters. The number of furan rings is 1. The highest BCUT2D eigenvalue weighted by Gasteiger charge is 2.28. The number of rotatable bonds is 8. The quantitative estimate of drug-likeness (QED) is 0.489. The van der Waals surface area contributed by atoms with Crippen molar-refractivity contribution in [2.75, 3.05) is 18.1 Å². The van der Waals surface area contributed by atoms with E-state index in [2.05, 4.69) is 5.32 Å². The van der Waals surface area contributed by atoms with Crippen LogP contribution in [0.1, 0.15) is 51.6 Å². The van der Waals surface area contributed by atoms with Crippen molar-refractivity contribution >= 4 is 23.3 Å². The predicted molar refractivity (Wildman–Crippen MR) is 130 cm³/mol. The number of hydrogen-bond acceptors (Lipinski definition) is 6. The van der Waals surface area contributed by atoms with E-state index in [4.69, 9.17) is 13.9 Å². The van der Waals surface area contributed by atoms with Crippen molar-refractivity contribution in [1.29, 1.82) is 0 Å². The fourth-order valence-corrected chi connectivity index (χ4v) is 3.73. The van der Waals surface area contributed by atoms with Crippen LogP contribution in [0.5, 0.6) is 11.5 Å². The fourth-order valence-electron chi connectivity index (χ4n) is 3.73. The third kappa shape index (κ3) is 5.37. The molecular formula is C27H28N2O6. The third-order valence-electron chi connectivity index (χ3n) is 5.76. The number of fused-ring (bicyclic) bond motifs is 1. The molecule has 1 aliphatic rings. The van der Waals surface area contributed by atoms with Crippen LogP contribution in [0.4, 0.5) is 5.69 Å². The number of Topliss-reactive ketones (excluding diaryl/α,β-unsaturated/α-hetero) is 1. The topological polar surface area (TPSA) is 98.1 Å². The smallest absolute Gasteiger partial charge is 0.287 e. The molecule has 0 saturated heterocycles. The van der Waals surface area contributed by atoms with Gasteiger partial charge in [-0.3, -0.25) is 19.3 Å². The first-order chi connectivity index (χ1) is 16.7. The molecule has 4 rings (SSSR count). The number of ketones is 1. The lowest BCUT2D eigenvalue weighted by atomic mass is 10.1. The number of nitrogens with zero attached hydrogens (tertiary/aromatic N) is 1. The Balaban J connectivity index is 1.51. The van der Waals surface area contributed by atoms with Crippen molar-refractivity contribution in [3.8, 4) is 11.5 Å². The molecule has 8 nitrogen and oxygen atoms in total. The first-order valence-electron chi connectivity index (χ1n) is 11.4. The van der Waals surface area contributed by atoms with E-state index in [9.17, 15) is 14.4 Å². The number of carbonyl (C=O) groups excluding carboxylic acids is 3. The Bertz CT molecular complexity index is 1280. The highest BCUT2D eigenvalue weighted by Crippen LogP contribution is 2.34. The molecule has 2 aromatic carbocycles. The standard InChI is InChI=1S/C27H28N2O6/c1-16(2)28-27(32)25-11-9-20(35-25)13-29-21-12-19(8-10-24(21)34-15-26(29)31)22(30)14-33-23-7-5-6-17(3)18(23)4/h5-12,16H,13-15H2,1-4H3,(H,28,32). The molecule has 1 aromatic heterocycles. The zero-order chi connectivity index (χ0) is 25.1. The second kappa shape index (κ2) is 10.0. The van der Waals surface area contributed by atoms with Crippen LogP contribution in [-0.2, 0) is 11.3 Å². The number of carbonyl (C=O) groups is 3. The van der Waals surface area contributed by atoms with Crippen molar-refractivity contribution in [3.05, 3.63) is 76.7 Å². The van der Waals surface area contributed by atoms with Gasteiger partial charge in [-0.15, -0.1) is 0 Å². The SMILES string of the molecule is Cc1cccc(OCC(=O)c2ccc3c(c2)N(Cc2ccc(C(=O)NC(C)C)o2)C(=O)CO3)c1C. The van der Waals surface area contributed by atoms with Crippen molar-refractivity contribution in [3.63, 3.8) is 0 Å². The molecule has 1 N–H and O–H groups in total. The lowest BCUT2D eigenvalue weighted by Crippen LogP contribution is -2.38. The van der Waals surface area contributed by atoms with Crippen molar-refractivity contribution < 1.29 is 28.3 Å². The van der Waals surface area contributed by atoms with Gasteiger partial charge in [0.2, 0.25) is 0 Å². The van der Waals surface area contributed by atoms with Crippen LogP contribution in [0.3, 0.4) is 0 Å². The van der Waals surface area contributed by atoms with Crippen LogP contribution in [0.2, 0.25) is 0 Å². The predicted octanol–water partition coefficient (Wildman–Crippen LogP) is 4.22. The Morgan fingerprint density at radius 2 is 1.91 bits per heavy atom. The molecule has 0 bridgehead atoms. The van der Waals surface area contributed by atoms with Gasteiger partial charge >= 0.3 is 0 Å². The summed E-state index contributed by atoms with van der Waals surface area (Å²) in [6.07, 6.45) is 0. The monoisotopic (exact) mass is 476 g/mol. The molecule has 182 valence electrons. The Kier molecular flexibility index (Phi) is 6.91. The summed E-state index contributed by atoms with van der Waals surface area (Å²) in [7, 11) is 0. The van der Waals surface area contributed by atoms with E-state index in [-0.39, 0.29) is 49.2 Å². The minimum Gasteiger partial charge on any atom is -0.485 e. The molecule has 8 heteroatoms. The van der Waals surface area contributed by atoms with Gasteiger partial charge in [0.25, 0.3) is 11.8 Å². The van der Waals surface area contributed by atoms with Crippen molar-refractivity contribution in [2.45, 2.75) is 40.3 Å². The van der Waals surface area contributed by atoms with Gasteiger partial charge in [0.1, 0.15) is 17.3 Å². The average Bonchev–Trinajstić information content (AvgIpc) is 3.30. The molecule has 0 fully saturated rings. The number of nitrogens with one attached hydrogen (secondary N) is 1. The molecule has 3 aromatic rings. The van der Waals surface area contributed by atoms with E-state index in [1.807, 2.05) is 45.9 Å². The first-order valence-corrected chi connectivity index (χ1v) is 11.4. The summed E-state index contributed by atoms with van der Waals surface area (Å²) < 4.78 is 17.0. The van der Waals surface area contributed by atoms with E-state index in [1.165, 1.54) is 4.90 Å². The highest BCUT2D eigenvalue weighted by atomic mass is 16.5. The Morgan fingerprint density at radius 1 is 1.11 bits per heavy atom. The number of ether oxygens (including phenoxy) is 2. The largest absolute Gasteiger partial charge is 0.485 e. The zero-order valence-electron chi connectivity index (χ0n) is 20.2. The molecule has 0 aliphatic carbocycles. The van der Waals surface area contributed by atoms with Gasteiger partial charge < -0.3 is 19.2 Å². The molecule has 2 amide bonds. The summed E-state index contributed by atoms with van der Waals surface area (Å²) in [5.41, 5.74) is 2.92. The Labute approximate surface area is 203 Å². The summed E-state index contributed by atoms with van der Waals surface area (Å²) in [5, 5.41) is 2.77. The summed E-state index contributed by atoms with van der Waals surface area (Å²) in [6.45, 7) is 7.48. The summed E-state index contributed by atoms with van der Waals surface area (Å²) in [6, 6.07) is 13.8. The van der Waals surface area contributed by atoms with Crippen LogP contribution in [0.25, 0.3) is 0 Å². The van der Waals surface area contributed by atoms with E-state index < -0.39 is 0 Å². The second-order valence-electron chi connectivity index (χ2n) is 8.76. The molecule has 35 heavy (non-hydrogen) atoms. The summed E-state index contributed by atoms with van der Waals surface area (Å²) in [4.78, 5) is 39.2. The summed E-state index contributed by atoms with van der Waals surface area (Å²) in [5.74, 6) is 0.928. The zero-order valence-corrected chi connectivity index (χ0v) is 20.2. The number of anilines is 1. The Morgan fingerprint density at radius 3 is 2.69 bits per heavy atom. The molecule has 0 saturated carbocycles. The average molecular weight is 477 g/mol. The molecule has 0 unspecified atom stereocenters. The van der Waals surface area contributed by atoms with Gasteiger partial charge in [-0.05, 0) is 75.2 Å². The fraction of sp³-hybridized carbons (Fsp3) is 0.296. The minimum absolute atomic E-state index is 0.0292. The highest BCUT2D eigenvalue weighted by molar-refractivity contribution is 6.02. The van der Waals surface area contributed by atoms with E-state index >= 15 is 0 Å². The van der Waals surface area contributed by atoms with E-state index in [0.29, 0.717) is 28.5 Å². The van der Waals surface area contributed by atoms with Crippen LogP contribution < -0.4 is 19.7 Å². The Hall–Kier alpha value is -4.07. The number of amides is 2. The summed E-state index contributed by atoms with van der Waals surface area (Å²) >= 11 is 0. The van der Waals surface area contributed by atoms with Crippen LogP contribution >= 0.6 is 0 Å². The van der Waals surface area contributed by atoms with Gasteiger partial charge in [-0.2, -0.15) is 0 Å². The number of aryl methyl sites for hydroxylation is 1. The normalized spacial score (nSPS) is 12.8. The number of benzene rings is 2. The van der Waals surface area contributed by atoms with Gasteiger partial charge in [-0.1, -0.05) is 12.1 Å². The lowest BCUT2D eigenvalue weighted by Gasteiger charge is -2.29. The van der Waals surface area contributed by atoms with Crippen molar-refractivity contribution in [2.24, 2.45) is 0 Å². The first kappa shape index (κ1) is 24.1. The van der Waals surface area contributed by atoms with Crippen LogP contribution in [-0.4, -0.2) is 36.9 Å². The van der Waals surface area contributed by atoms with Gasteiger partial charge in [0, 0.05) is 11.6 Å². The van der Waals surface area contributed by atoms with Crippen LogP contribution in [0.15, 0.2) is 52.9 Å². The van der Waals surface area contributed by atoms with E-state index in [0.717, 1.165) is 11.1 Å². The minimum atomic E-state index is -0.323. The molecule has 0 radical (unpaired) electrons. The molecule has 2 heterocycles. The lowest BCUT2D eigenvalue weighted by molar-refractivity contribution is -0.121. The maximum Gasteiger partial charge on any atom is 0.287 e. The third-order valence-corrected chi connectivity index (χ3v) is 5.76.